The van der Waals surface area contributed by atoms with E-state index in [4.69, 9.17) is 5.11 Å². The summed E-state index contributed by atoms with van der Waals surface area (Å²) in [6.45, 7) is 3.90. The van der Waals surface area contributed by atoms with E-state index in [0.29, 0.717) is 5.69 Å². The van der Waals surface area contributed by atoms with Crippen molar-refractivity contribution in [2.24, 2.45) is 0 Å². The zero-order valence-corrected chi connectivity index (χ0v) is 8.11. The van der Waals surface area contributed by atoms with Gasteiger partial charge in [-0.1, -0.05) is 0 Å². The van der Waals surface area contributed by atoms with Crippen LogP contribution in [0.25, 0.3) is 0 Å². The van der Waals surface area contributed by atoms with Gasteiger partial charge in [0.1, 0.15) is 11.3 Å². The van der Waals surface area contributed by atoms with E-state index in [9.17, 15) is 9.90 Å². The number of benzene rings is 1. The molecule has 3 N–H and O–H groups in total. The maximum atomic E-state index is 10.7. The van der Waals surface area contributed by atoms with Crippen LogP contribution in [0.15, 0.2) is 18.2 Å². The number of carboxylic acids is 1. The summed E-state index contributed by atoms with van der Waals surface area (Å²) in [4.78, 5) is 10.7. The summed E-state index contributed by atoms with van der Waals surface area (Å²) in [5, 5.41) is 21.0. The van der Waals surface area contributed by atoms with E-state index in [-0.39, 0.29) is 17.4 Å². The monoisotopic (exact) mass is 195 g/mol. The van der Waals surface area contributed by atoms with E-state index >= 15 is 0 Å². The number of carbonyl (C=O) groups is 1. The maximum Gasteiger partial charge on any atom is 0.339 e. The first-order chi connectivity index (χ1) is 6.50. The number of aromatic hydroxyl groups is 1. The number of carboxylic acid groups (broad SMARTS) is 1. The maximum absolute atomic E-state index is 10.7. The molecule has 0 amide bonds. The largest absolute Gasteiger partial charge is 0.507 e. The van der Waals surface area contributed by atoms with Crippen LogP contribution in [0.4, 0.5) is 5.69 Å². The molecule has 0 saturated heterocycles. The van der Waals surface area contributed by atoms with Gasteiger partial charge < -0.3 is 15.5 Å². The van der Waals surface area contributed by atoms with Gasteiger partial charge in [-0.25, -0.2) is 4.79 Å². The van der Waals surface area contributed by atoms with Crippen LogP contribution in [0.2, 0.25) is 0 Å². The molecule has 14 heavy (non-hydrogen) atoms. The second-order valence-electron chi connectivity index (χ2n) is 3.34. The van der Waals surface area contributed by atoms with Gasteiger partial charge in [0.2, 0.25) is 0 Å². The molecule has 0 heterocycles. The van der Waals surface area contributed by atoms with Gasteiger partial charge in [-0.3, -0.25) is 0 Å². The minimum absolute atomic E-state index is 0.0874. The molecule has 0 aliphatic rings. The quantitative estimate of drug-likeness (QED) is 0.644. The van der Waals surface area contributed by atoms with E-state index in [1.165, 1.54) is 12.1 Å². The summed E-state index contributed by atoms with van der Waals surface area (Å²) in [5.41, 5.74) is 0.603. The van der Waals surface area contributed by atoms with Crippen LogP contribution in [0.3, 0.4) is 0 Å². The second kappa shape index (κ2) is 4.00. The lowest BCUT2D eigenvalue weighted by atomic mass is 10.1. The van der Waals surface area contributed by atoms with Gasteiger partial charge >= 0.3 is 5.97 Å². The lowest BCUT2D eigenvalue weighted by molar-refractivity contribution is 0.0694. The number of phenols is 1. The molecule has 0 fully saturated rings. The number of nitrogens with one attached hydrogen (secondary N) is 1. The molecule has 4 heteroatoms. The van der Waals surface area contributed by atoms with E-state index in [1.807, 2.05) is 13.8 Å². The van der Waals surface area contributed by atoms with Crippen molar-refractivity contribution in [2.75, 3.05) is 5.32 Å². The Morgan fingerprint density at radius 2 is 2.07 bits per heavy atom. The summed E-state index contributed by atoms with van der Waals surface area (Å²) >= 11 is 0. The van der Waals surface area contributed by atoms with Crippen LogP contribution >= 0.6 is 0 Å². The van der Waals surface area contributed by atoms with Gasteiger partial charge in [-0.15, -0.1) is 0 Å². The lowest BCUT2D eigenvalue weighted by Crippen LogP contribution is -2.10. The summed E-state index contributed by atoms with van der Waals surface area (Å²) < 4.78 is 0. The smallest absolute Gasteiger partial charge is 0.339 e. The normalized spacial score (nSPS) is 10.2. The van der Waals surface area contributed by atoms with Gasteiger partial charge in [0.25, 0.3) is 0 Å². The molecule has 0 aliphatic carbocycles. The lowest BCUT2D eigenvalue weighted by Gasteiger charge is -2.10. The van der Waals surface area contributed by atoms with Crippen LogP contribution in [0, 0.1) is 0 Å². The second-order valence-corrected chi connectivity index (χ2v) is 3.34. The minimum atomic E-state index is -1.13. The van der Waals surface area contributed by atoms with Crippen LogP contribution in [0.1, 0.15) is 24.2 Å². The highest BCUT2D eigenvalue weighted by Gasteiger charge is 2.09. The molecule has 1 aromatic carbocycles. The van der Waals surface area contributed by atoms with E-state index in [0.717, 1.165) is 0 Å². The summed E-state index contributed by atoms with van der Waals surface area (Å²) in [5.74, 6) is -1.35. The average molecular weight is 195 g/mol. The number of aromatic carboxylic acids is 1. The zero-order valence-electron chi connectivity index (χ0n) is 8.11. The Balaban J connectivity index is 3.00. The van der Waals surface area contributed by atoms with Crippen molar-refractivity contribution in [3.8, 4) is 5.75 Å². The minimum Gasteiger partial charge on any atom is -0.507 e. The van der Waals surface area contributed by atoms with Gasteiger partial charge in [-0.2, -0.15) is 0 Å². The van der Waals surface area contributed by atoms with E-state index in [2.05, 4.69) is 5.32 Å². The van der Waals surface area contributed by atoms with E-state index in [1.54, 1.807) is 6.07 Å². The van der Waals surface area contributed by atoms with Gasteiger partial charge in [-0.05, 0) is 32.0 Å². The Kier molecular flexibility index (Phi) is 2.96. The highest BCUT2D eigenvalue weighted by Crippen LogP contribution is 2.21. The summed E-state index contributed by atoms with van der Waals surface area (Å²) in [6.07, 6.45) is 0. The topological polar surface area (TPSA) is 69.6 Å². The number of hydrogen-bond acceptors (Lipinski definition) is 3. The molecule has 0 spiro atoms. The first kappa shape index (κ1) is 10.4. The Labute approximate surface area is 82.2 Å². The SMILES string of the molecule is CC(C)Nc1ccc(O)c(C(=O)O)c1. The molecule has 0 unspecified atom stereocenters. The molecule has 0 radical (unpaired) electrons. The molecular formula is C10H13NO3. The molecule has 1 aromatic rings. The van der Waals surface area contributed by atoms with Crippen molar-refractivity contribution in [3.63, 3.8) is 0 Å². The molecule has 0 saturated carbocycles. The molecule has 0 aromatic heterocycles. The highest BCUT2D eigenvalue weighted by molar-refractivity contribution is 5.92. The van der Waals surface area contributed by atoms with Crippen molar-refractivity contribution >= 4 is 11.7 Å². The predicted molar refractivity (Wildman–Crippen MR) is 53.8 cm³/mol. The number of anilines is 1. The predicted octanol–water partition coefficient (Wildman–Crippen LogP) is 1.91. The molecule has 0 aliphatic heterocycles. The summed E-state index contributed by atoms with van der Waals surface area (Å²) in [7, 11) is 0. The van der Waals surface area contributed by atoms with Crippen LogP contribution in [-0.4, -0.2) is 22.2 Å². The van der Waals surface area contributed by atoms with Gasteiger partial charge in [0.15, 0.2) is 0 Å². The third-order valence-electron chi connectivity index (χ3n) is 1.68. The van der Waals surface area contributed by atoms with Gasteiger partial charge in [0.05, 0.1) is 0 Å². The first-order valence-electron chi connectivity index (χ1n) is 4.33. The Hall–Kier alpha value is -1.71. The van der Waals surface area contributed by atoms with Crippen LogP contribution in [0.5, 0.6) is 5.75 Å². The fraction of sp³-hybridized carbons (Fsp3) is 0.300. The number of hydrogen-bond donors (Lipinski definition) is 3. The van der Waals surface area contributed by atoms with Crippen molar-refractivity contribution in [1.82, 2.24) is 0 Å². The molecule has 0 bridgehead atoms. The Morgan fingerprint density at radius 1 is 1.43 bits per heavy atom. The average Bonchev–Trinajstić information content (AvgIpc) is 2.07. The highest BCUT2D eigenvalue weighted by atomic mass is 16.4. The standard InChI is InChI=1S/C10H13NO3/c1-6(2)11-7-3-4-9(12)8(5-7)10(13)14/h3-6,11-12H,1-2H3,(H,13,14). The molecule has 76 valence electrons. The van der Waals surface area contributed by atoms with Crippen LogP contribution in [-0.2, 0) is 0 Å². The zero-order chi connectivity index (χ0) is 10.7. The molecule has 1 rings (SSSR count). The van der Waals surface area contributed by atoms with Crippen LogP contribution < -0.4 is 5.32 Å². The fourth-order valence-corrected chi connectivity index (χ4v) is 1.13. The van der Waals surface area contributed by atoms with Crippen molar-refractivity contribution in [2.45, 2.75) is 19.9 Å². The molecule has 0 atom stereocenters. The Morgan fingerprint density at radius 3 is 2.57 bits per heavy atom. The van der Waals surface area contributed by atoms with Crippen molar-refractivity contribution in [3.05, 3.63) is 23.8 Å². The molecule has 4 nitrogen and oxygen atoms in total. The molecular weight excluding hydrogens is 182 g/mol. The summed E-state index contributed by atoms with van der Waals surface area (Å²) in [6, 6.07) is 4.65. The van der Waals surface area contributed by atoms with Gasteiger partial charge in [0, 0.05) is 11.7 Å². The van der Waals surface area contributed by atoms with Crippen molar-refractivity contribution in [1.29, 1.82) is 0 Å². The van der Waals surface area contributed by atoms with E-state index < -0.39 is 5.97 Å². The third kappa shape index (κ3) is 2.39. The Bertz CT molecular complexity index is 347. The number of rotatable bonds is 3. The fourth-order valence-electron chi connectivity index (χ4n) is 1.13. The third-order valence-corrected chi connectivity index (χ3v) is 1.68. The first-order valence-corrected chi connectivity index (χ1v) is 4.33. The van der Waals surface area contributed by atoms with Crippen molar-refractivity contribution < 1.29 is 15.0 Å².